The summed E-state index contributed by atoms with van der Waals surface area (Å²) in [5, 5.41) is 13.9. The number of hydrogen-bond acceptors (Lipinski definition) is 8. The zero-order chi connectivity index (χ0) is 24.7. The number of nitrogens with one attached hydrogen (secondary N) is 1. The molecular weight excluding hydrogens is 457 g/mol. The minimum Gasteiger partial charge on any atom is -0.504 e. The van der Waals surface area contributed by atoms with Gasteiger partial charge in [0.1, 0.15) is 17.6 Å². The first-order valence-corrected chi connectivity index (χ1v) is 11.5. The van der Waals surface area contributed by atoms with Crippen LogP contribution in [0.1, 0.15) is 20.3 Å². The normalized spacial score (nSPS) is 11.7. The highest BCUT2D eigenvalue weighted by atomic mass is 32.2. The predicted octanol–water partition coefficient (Wildman–Crippen LogP) is 5.78. The van der Waals surface area contributed by atoms with Gasteiger partial charge in [0, 0.05) is 16.6 Å². The van der Waals surface area contributed by atoms with E-state index in [0.717, 1.165) is 4.90 Å². The van der Waals surface area contributed by atoms with Crippen molar-refractivity contribution < 1.29 is 23.8 Å². The van der Waals surface area contributed by atoms with Crippen LogP contribution in [0.2, 0.25) is 0 Å². The smallest absolute Gasteiger partial charge is 0.329 e. The highest BCUT2D eigenvalue weighted by molar-refractivity contribution is 8.00. The van der Waals surface area contributed by atoms with E-state index in [2.05, 4.69) is 10.3 Å². The molecule has 0 unspecified atom stereocenters. The Morgan fingerprint density at radius 2 is 1.88 bits per heavy atom. The number of anilines is 3. The molecule has 0 aliphatic carbocycles. The Morgan fingerprint density at radius 3 is 2.47 bits per heavy atom. The monoisotopic (exact) mass is 485 g/mol. The molecule has 0 amide bonds. The molecule has 0 bridgehead atoms. The van der Waals surface area contributed by atoms with Crippen LogP contribution in [-0.2, 0) is 9.53 Å². The first-order valence-electron chi connectivity index (χ1n) is 10.7. The summed E-state index contributed by atoms with van der Waals surface area (Å²) >= 11 is 1.27. The van der Waals surface area contributed by atoms with E-state index in [0.29, 0.717) is 23.5 Å². The summed E-state index contributed by atoms with van der Waals surface area (Å²) in [5.74, 6) is 0.144. The number of carbonyl (C=O) groups excluding carboxylic acids is 1. The summed E-state index contributed by atoms with van der Waals surface area (Å²) in [6.45, 7) is 4.01. The van der Waals surface area contributed by atoms with Gasteiger partial charge >= 0.3 is 5.97 Å². The van der Waals surface area contributed by atoms with Crippen LogP contribution in [0.3, 0.4) is 0 Å². The van der Waals surface area contributed by atoms with Gasteiger partial charge in [-0.1, -0.05) is 19.9 Å². The number of ether oxygens (including phenoxy) is 2. The maximum Gasteiger partial charge on any atom is 0.329 e. The molecule has 180 valence electrons. The van der Waals surface area contributed by atoms with E-state index in [1.807, 2.05) is 38.1 Å². The van der Waals surface area contributed by atoms with E-state index in [1.165, 1.54) is 43.5 Å². The van der Waals surface area contributed by atoms with Crippen molar-refractivity contribution in [2.45, 2.75) is 31.2 Å². The van der Waals surface area contributed by atoms with Gasteiger partial charge in [0.25, 0.3) is 0 Å². The van der Waals surface area contributed by atoms with Gasteiger partial charge in [-0.25, -0.2) is 14.2 Å². The van der Waals surface area contributed by atoms with E-state index in [-0.39, 0.29) is 23.3 Å². The molecule has 0 aliphatic heterocycles. The van der Waals surface area contributed by atoms with Crippen molar-refractivity contribution in [2.24, 2.45) is 5.92 Å². The molecule has 2 aromatic carbocycles. The molecule has 0 aliphatic rings. The molecule has 0 saturated heterocycles. The molecule has 1 heterocycles. The predicted molar refractivity (Wildman–Crippen MR) is 132 cm³/mol. The third-order valence-electron chi connectivity index (χ3n) is 4.88. The maximum atomic E-state index is 13.5. The number of hydrogen-bond donors (Lipinski definition) is 2. The van der Waals surface area contributed by atoms with Crippen molar-refractivity contribution in [2.75, 3.05) is 23.8 Å². The third-order valence-corrected chi connectivity index (χ3v) is 5.99. The maximum absolute atomic E-state index is 13.5. The highest BCUT2D eigenvalue weighted by Gasteiger charge is 2.32. The summed E-state index contributed by atoms with van der Waals surface area (Å²) in [7, 11) is 2.93. The van der Waals surface area contributed by atoms with E-state index in [9.17, 15) is 14.3 Å². The van der Waals surface area contributed by atoms with E-state index in [4.69, 9.17) is 9.47 Å². The van der Waals surface area contributed by atoms with Gasteiger partial charge in [-0.3, -0.25) is 4.31 Å². The third kappa shape index (κ3) is 6.54. The van der Waals surface area contributed by atoms with E-state index >= 15 is 0 Å². The second-order valence-electron chi connectivity index (χ2n) is 7.96. The lowest BCUT2D eigenvalue weighted by Gasteiger charge is -2.31. The van der Waals surface area contributed by atoms with Crippen LogP contribution in [0.4, 0.5) is 21.6 Å². The number of methoxy groups -OCH3 is 2. The quantitative estimate of drug-likeness (QED) is 0.276. The van der Waals surface area contributed by atoms with Crippen molar-refractivity contribution in [3.05, 3.63) is 66.6 Å². The van der Waals surface area contributed by atoms with Crippen molar-refractivity contribution in [1.82, 2.24) is 4.98 Å². The van der Waals surface area contributed by atoms with Crippen LogP contribution < -0.4 is 14.4 Å². The minimum atomic E-state index is -0.697. The molecule has 0 saturated carbocycles. The number of benzene rings is 2. The number of aromatic nitrogens is 1. The molecule has 0 radical (unpaired) electrons. The average molecular weight is 486 g/mol. The Balaban J connectivity index is 1.96. The Bertz CT molecular complexity index is 1110. The van der Waals surface area contributed by atoms with Gasteiger partial charge in [-0.05, 0) is 66.8 Å². The fraction of sp³-hybridized carbons (Fsp3) is 0.280. The van der Waals surface area contributed by atoms with Gasteiger partial charge in [0.2, 0.25) is 0 Å². The second kappa shape index (κ2) is 11.6. The highest BCUT2D eigenvalue weighted by Crippen LogP contribution is 2.39. The molecular formula is C25H28FN3O4S. The molecule has 7 nitrogen and oxygen atoms in total. The fourth-order valence-corrected chi connectivity index (χ4v) is 4.30. The largest absolute Gasteiger partial charge is 0.504 e. The first-order chi connectivity index (χ1) is 16.3. The van der Waals surface area contributed by atoms with Crippen LogP contribution in [0.5, 0.6) is 11.5 Å². The Hall–Kier alpha value is -3.46. The minimum absolute atomic E-state index is 0.139. The summed E-state index contributed by atoms with van der Waals surface area (Å²) in [6, 6.07) is 14.1. The van der Waals surface area contributed by atoms with Gasteiger partial charge in [-0.2, -0.15) is 0 Å². The van der Waals surface area contributed by atoms with Gasteiger partial charge in [-0.15, -0.1) is 0 Å². The van der Waals surface area contributed by atoms with Crippen molar-refractivity contribution >= 4 is 35.1 Å². The van der Waals surface area contributed by atoms with Crippen LogP contribution in [-0.4, -0.2) is 36.3 Å². The standard InChI is InChI=1S/C25H28FN3O4S/c1-16(2)12-22(25(31)33-4)29(34-21-10-8-20(32-3)9-11-21)24-23(30)14-19(15-27-24)28-18-7-5-6-17(26)13-18/h5-11,13-16,22,28,30H,12H2,1-4H3/t22-/m0/s1. The molecule has 3 rings (SSSR count). The van der Waals surface area contributed by atoms with Crippen molar-refractivity contribution in [3.8, 4) is 11.5 Å². The SMILES string of the molecule is COC(=O)[C@H](CC(C)C)N(Sc1ccc(OC)cc1)c1ncc(Nc2cccc(F)c2)cc1O. The lowest BCUT2D eigenvalue weighted by atomic mass is 10.0. The number of rotatable bonds is 10. The zero-order valence-electron chi connectivity index (χ0n) is 19.5. The summed E-state index contributed by atoms with van der Waals surface area (Å²) in [4.78, 5) is 18.0. The van der Waals surface area contributed by atoms with Crippen LogP contribution in [0.25, 0.3) is 0 Å². The van der Waals surface area contributed by atoms with Gasteiger partial charge < -0.3 is 19.9 Å². The topological polar surface area (TPSA) is 83.9 Å². The molecule has 34 heavy (non-hydrogen) atoms. The van der Waals surface area contributed by atoms with Gasteiger partial charge in [0.15, 0.2) is 11.6 Å². The molecule has 3 aromatic rings. The molecule has 9 heteroatoms. The number of esters is 1. The number of pyridine rings is 1. The fourth-order valence-electron chi connectivity index (χ4n) is 3.29. The Labute approximate surface area is 203 Å². The zero-order valence-corrected chi connectivity index (χ0v) is 20.3. The number of halogens is 1. The second-order valence-corrected chi connectivity index (χ2v) is 9.01. The Morgan fingerprint density at radius 1 is 1.15 bits per heavy atom. The first kappa shape index (κ1) is 25.2. The molecule has 0 spiro atoms. The molecule has 1 aromatic heterocycles. The number of carbonyl (C=O) groups is 1. The Kier molecular flexibility index (Phi) is 8.59. The lowest BCUT2D eigenvalue weighted by Crippen LogP contribution is -2.39. The molecule has 0 fully saturated rings. The van der Waals surface area contributed by atoms with E-state index in [1.54, 1.807) is 23.5 Å². The lowest BCUT2D eigenvalue weighted by molar-refractivity contribution is -0.142. The van der Waals surface area contributed by atoms with Crippen molar-refractivity contribution in [1.29, 1.82) is 0 Å². The van der Waals surface area contributed by atoms with Crippen LogP contribution in [0.15, 0.2) is 65.7 Å². The number of aromatic hydroxyl groups is 1. The summed E-state index contributed by atoms with van der Waals surface area (Å²) in [5.41, 5.74) is 0.991. The van der Waals surface area contributed by atoms with Crippen LogP contribution >= 0.6 is 11.9 Å². The van der Waals surface area contributed by atoms with Crippen molar-refractivity contribution in [3.63, 3.8) is 0 Å². The van der Waals surface area contributed by atoms with Crippen LogP contribution in [0, 0.1) is 11.7 Å². The van der Waals surface area contributed by atoms with E-state index < -0.39 is 12.0 Å². The van der Waals surface area contributed by atoms with Gasteiger partial charge in [0.05, 0.1) is 26.1 Å². The molecule has 2 N–H and O–H groups in total. The summed E-state index contributed by atoms with van der Waals surface area (Å²) in [6.07, 6.45) is 2.01. The summed E-state index contributed by atoms with van der Waals surface area (Å²) < 4.78 is 25.5. The number of nitrogens with zero attached hydrogens (tertiary/aromatic N) is 2. The molecule has 1 atom stereocenters. The average Bonchev–Trinajstić information content (AvgIpc) is 2.81.